The smallest absolute Gasteiger partial charge is 0.225 e. The lowest BCUT2D eigenvalue weighted by molar-refractivity contribution is -0.136. The quantitative estimate of drug-likeness (QED) is 0.767. The zero-order valence-electron chi connectivity index (χ0n) is 15.5. The van der Waals surface area contributed by atoms with Crippen LogP contribution in [0.3, 0.4) is 0 Å². The van der Waals surface area contributed by atoms with Crippen molar-refractivity contribution in [3.8, 4) is 0 Å². The minimum Gasteiger partial charge on any atom is -0.377 e. The first kappa shape index (κ1) is 18.8. The summed E-state index contributed by atoms with van der Waals surface area (Å²) in [5.74, 6) is 1.71. The number of amides is 1. The van der Waals surface area contributed by atoms with Gasteiger partial charge in [0.2, 0.25) is 5.91 Å². The van der Waals surface area contributed by atoms with Crippen LogP contribution in [-0.4, -0.2) is 40.5 Å². The van der Waals surface area contributed by atoms with Crippen molar-refractivity contribution in [3.63, 3.8) is 0 Å². The highest BCUT2D eigenvalue weighted by Crippen LogP contribution is 2.30. The maximum absolute atomic E-state index is 12.5. The highest BCUT2D eigenvalue weighted by atomic mass is 16.5. The highest BCUT2D eigenvalue weighted by molar-refractivity contribution is 5.78. The van der Waals surface area contributed by atoms with Crippen molar-refractivity contribution in [2.45, 2.75) is 65.9 Å². The third-order valence-electron chi connectivity index (χ3n) is 5.01. The minimum atomic E-state index is 0.177. The van der Waals surface area contributed by atoms with Gasteiger partial charge in [-0.2, -0.15) is 0 Å². The van der Waals surface area contributed by atoms with E-state index in [9.17, 15) is 4.79 Å². The molecule has 0 spiro atoms. The van der Waals surface area contributed by atoms with Crippen LogP contribution in [0.5, 0.6) is 0 Å². The van der Waals surface area contributed by atoms with E-state index >= 15 is 0 Å². The van der Waals surface area contributed by atoms with Gasteiger partial charge in [-0.25, -0.2) is 9.97 Å². The molecule has 1 aromatic heterocycles. The molecule has 5 heteroatoms. The fourth-order valence-electron chi connectivity index (χ4n) is 3.46. The van der Waals surface area contributed by atoms with E-state index in [1.54, 1.807) is 0 Å². The Morgan fingerprint density at radius 1 is 1.29 bits per heavy atom. The molecule has 0 aliphatic carbocycles. The van der Waals surface area contributed by atoms with E-state index < -0.39 is 0 Å². The molecule has 0 unspecified atom stereocenters. The van der Waals surface area contributed by atoms with Gasteiger partial charge in [0.1, 0.15) is 5.82 Å². The molecule has 2 rings (SSSR count). The van der Waals surface area contributed by atoms with E-state index in [2.05, 4.69) is 18.8 Å². The average molecular weight is 333 g/mol. The van der Waals surface area contributed by atoms with Crippen LogP contribution in [0.25, 0.3) is 0 Å². The number of carbonyl (C=O) groups excluding carboxylic acids is 1. The van der Waals surface area contributed by atoms with E-state index in [-0.39, 0.29) is 5.92 Å². The lowest BCUT2D eigenvalue weighted by Crippen LogP contribution is -2.41. The van der Waals surface area contributed by atoms with Gasteiger partial charge >= 0.3 is 0 Å². The first-order valence-corrected chi connectivity index (χ1v) is 9.29. The van der Waals surface area contributed by atoms with Gasteiger partial charge in [0.25, 0.3) is 0 Å². The summed E-state index contributed by atoms with van der Waals surface area (Å²) in [4.78, 5) is 23.6. The zero-order valence-corrected chi connectivity index (χ0v) is 15.5. The van der Waals surface area contributed by atoms with E-state index in [1.807, 2.05) is 24.9 Å². The zero-order chi connectivity index (χ0) is 17.5. The van der Waals surface area contributed by atoms with Crippen LogP contribution in [0.1, 0.15) is 69.5 Å². The third kappa shape index (κ3) is 4.53. The second kappa shape index (κ2) is 9.11. The molecule has 0 radical (unpaired) electrons. The van der Waals surface area contributed by atoms with Crippen LogP contribution in [0.4, 0.5) is 0 Å². The molecule has 134 valence electrons. The number of ether oxygens (including phenoxy) is 1. The predicted octanol–water partition coefficient (Wildman–Crippen LogP) is 3.46. The van der Waals surface area contributed by atoms with E-state index in [4.69, 9.17) is 9.72 Å². The SMILES string of the molecule is CCOCc1cnc(C)nc1C1CCN(C(=O)C(CC)CC)CC1. The Labute approximate surface area is 145 Å². The van der Waals surface area contributed by atoms with Gasteiger partial charge in [-0.15, -0.1) is 0 Å². The van der Waals surface area contributed by atoms with E-state index in [0.717, 1.165) is 55.9 Å². The topological polar surface area (TPSA) is 55.3 Å². The Bertz CT molecular complexity index is 535. The van der Waals surface area contributed by atoms with Crippen molar-refractivity contribution in [2.75, 3.05) is 19.7 Å². The molecule has 1 fully saturated rings. The van der Waals surface area contributed by atoms with Gasteiger partial charge in [0.15, 0.2) is 0 Å². The molecule has 0 N–H and O–H groups in total. The fourth-order valence-corrected chi connectivity index (χ4v) is 3.46. The van der Waals surface area contributed by atoms with Gasteiger partial charge in [0, 0.05) is 43.3 Å². The van der Waals surface area contributed by atoms with E-state index in [0.29, 0.717) is 25.0 Å². The Morgan fingerprint density at radius 2 is 1.96 bits per heavy atom. The fraction of sp³-hybridized carbons (Fsp3) is 0.737. The maximum atomic E-state index is 12.5. The summed E-state index contributed by atoms with van der Waals surface area (Å²) in [6.45, 7) is 11.0. The number of hydrogen-bond acceptors (Lipinski definition) is 4. The van der Waals surface area contributed by atoms with Gasteiger partial charge in [-0.05, 0) is 39.5 Å². The lowest BCUT2D eigenvalue weighted by atomic mass is 9.90. The number of nitrogens with zero attached hydrogens (tertiary/aromatic N) is 3. The number of piperidine rings is 1. The van der Waals surface area contributed by atoms with Crippen LogP contribution in [0.2, 0.25) is 0 Å². The first-order valence-electron chi connectivity index (χ1n) is 9.29. The molecule has 1 aliphatic rings. The van der Waals surface area contributed by atoms with Crippen LogP contribution in [-0.2, 0) is 16.1 Å². The number of aryl methyl sites for hydroxylation is 1. The minimum absolute atomic E-state index is 0.177. The molecule has 1 amide bonds. The van der Waals surface area contributed by atoms with Crippen LogP contribution in [0.15, 0.2) is 6.20 Å². The lowest BCUT2D eigenvalue weighted by Gasteiger charge is -2.34. The summed E-state index contributed by atoms with van der Waals surface area (Å²) in [6.07, 6.45) is 5.70. The summed E-state index contributed by atoms with van der Waals surface area (Å²) in [5.41, 5.74) is 2.21. The first-order chi connectivity index (χ1) is 11.6. The number of rotatable bonds is 7. The summed E-state index contributed by atoms with van der Waals surface area (Å²) >= 11 is 0. The highest BCUT2D eigenvalue weighted by Gasteiger charge is 2.28. The largest absolute Gasteiger partial charge is 0.377 e. The normalized spacial score (nSPS) is 16.0. The predicted molar refractivity (Wildman–Crippen MR) is 94.7 cm³/mol. The van der Waals surface area contributed by atoms with Crippen molar-refractivity contribution in [1.29, 1.82) is 0 Å². The Balaban J connectivity index is 2.04. The molecule has 0 bridgehead atoms. The number of hydrogen-bond donors (Lipinski definition) is 0. The van der Waals surface area contributed by atoms with Crippen molar-refractivity contribution in [3.05, 3.63) is 23.3 Å². The van der Waals surface area contributed by atoms with Crippen molar-refractivity contribution < 1.29 is 9.53 Å². The summed E-state index contributed by atoms with van der Waals surface area (Å²) < 4.78 is 5.57. The number of carbonyl (C=O) groups is 1. The second-order valence-corrected chi connectivity index (χ2v) is 6.58. The molecule has 0 saturated carbocycles. The second-order valence-electron chi connectivity index (χ2n) is 6.58. The van der Waals surface area contributed by atoms with Crippen molar-refractivity contribution in [1.82, 2.24) is 14.9 Å². The van der Waals surface area contributed by atoms with Crippen molar-refractivity contribution >= 4 is 5.91 Å². The molecular weight excluding hydrogens is 302 g/mol. The third-order valence-corrected chi connectivity index (χ3v) is 5.01. The van der Waals surface area contributed by atoms with Gasteiger partial charge < -0.3 is 9.64 Å². The molecule has 0 atom stereocenters. The summed E-state index contributed by atoms with van der Waals surface area (Å²) in [7, 11) is 0. The number of aromatic nitrogens is 2. The molecular formula is C19H31N3O2. The summed E-state index contributed by atoms with van der Waals surface area (Å²) in [6, 6.07) is 0. The standard InChI is InChI=1S/C19H31N3O2/c1-5-15(6-2)19(23)22-10-8-16(9-11-22)18-17(13-24-7-3)12-20-14(4)21-18/h12,15-16H,5-11,13H2,1-4H3. The Morgan fingerprint density at radius 3 is 2.54 bits per heavy atom. The summed E-state index contributed by atoms with van der Waals surface area (Å²) in [5, 5.41) is 0. The monoisotopic (exact) mass is 333 g/mol. The van der Waals surface area contributed by atoms with Crippen LogP contribution in [0, 0.1) is 12.8 Å². The maximum Gasteiger partial charge on any atom is 0.225 e. The van der Waals surface area contributed by atoms with Gasteiger partial charge in [-0.3, -0.25) is 4.79 Å². The number of likely N-dealkylation sites (tertiary alicyclic amines) is 1. The van der Waals surface area contributed by atoms with Gasteiger partial charge in [0.05, 0.1) is 12.3 Å². The van der Waals surface area contributed by atoms with Gasteiger partial charge in [-0.1, -0.05) is 13.8 Å². The van der Waals surface area contributed by atoms with Crippen LogP contribution < -0.4 is 0 Å². The average Bonchev–Trinajstić information content (AvgIpc) is 2.61. The molecule has 0 aromatic carbocycles. The molecule has 1 saturated heterocycles. The van der Waals surface area contributed by atoms with Crippen molar-refractivity contribution in [2.24, 2.45) is 5.92 Å². The molecule has 24 heavy (non-hydrogen) atoms. The Kier molecular flexibility index (Phi) is 7.16. The molecule has 2 heterocycles. The molecule has 5 nitrogen and oxygen atoms in total. The van der Waals surface area contributed by atoms with E-state index in [1.165, 1.54) is 0 Å². The molecule has 1 aliphatic heterocycles. The molecule has 1 aromatic rings. The van der Waals surface area contributed by atoms with Crippen LogP contribution >= 0.6 is 0 Å². The Hall–Kier alpha value is -1.49.